The number of carbonyl (C=O) groups excluding carboxylic acids is 2. The average molecular weight is 645 g/mol. The SMILES string of the molecule is CNC(=O)c1ccc(-n2c(=O)c3c(n4ncc(Cc5ccccc5)c24)CN(C(=O)c2ccc(Br)c(Cl)c2)[C@@H](C)C3)cc1. The third kappa shape index (κ3) is 4.92. The van der Waals surface area contributed by atoms with E-state index in [4.69, 9.17) is 16.7 Å². The summed E-state index contributed by atoms with van der Waals surface area (Å²) >= 11 is 9.68. The number of halogens is 2. The maximum absolute atomic E-state index is 14.3. The molecule has 1 atom stereocenters. The minimum atomic E-state index is -0.235. The van der Waals surface area contributed by atoms with Crippen molar-refractivity contribution in [2.24, 2.45) is 0 Å². The molecule has 2 amide bonds. The van der Waals surface area contributed by atoms with Gasteiger partial charge in [0.05, 0.1) is 29.1 Å². The Morgan fingerprint density at radius 1 is 1.05 bits per heavy atom. The van der Waals surface area contributed by atoms with E-state index in [-0.39, 0.29) is 30.0 Å². The van der Waals surface area contributed by atoms with Gasteiger partial charge in [0.25, 0.3) is 17.4 Å². The second kappa shape index (κ2) is 11.2. The lowest BCUT2D eigenvalue weighted by molar-refractivity contribution is 0.0651. The molecule has 0 fully saturated rings. The molecule has 5 aromatic rings. The molecule has 0 radical (unpaired) electrons. The van der Waals surface area contributed by atoms with Gasteiger partial charge < -0.3 is 10.2 Å². The molecule has 1 aliphatic rings. The van der Waals surface area contributed by atoms with Gasteiger partial charge in [-0.25, -0.2) is 4.52 Å². The van der Waals surface area contributed by atoms with Gasteiger partial charge in [-0.05, 0) is 77.3 Å². The van der Waals surface area contributed by atoms with Gasteiger partial charge in [-0.2, -0.15) is 5.10 Å². The van der Waals surface area contributed by atoms with Crippen molar-refractivity contribution in [2.45, 2.75) is 32.4 Å². The first-order valence-electron chi connectivity index (χ1n) is 13.5. The molecule has 3 aromatic carbocycles. The Morgan fingerprint density at radius 3 is 2.45 bits per heavy atom. The van der Waals surface area contributed by atoms with E-state index >= 15 is 0 Å². The van der Waals surface area contributed by atoms with Crippen LogP contribution in [-0.2, 0) is 19.4 Å². The summed E-state index contributed by atoms with van der Waals surface area (Å²) in [4.78, 5) is 41.9. The van der Waals surface area contributed by atoms with Crippen LogP contribution in [0, 0.1) is 0 Å². The number of hydrogen-bond donors (Lipinski definition) is 1. The highest BCUT2D eigenvalue weighted by atomic mass is 79.9. The predicted octanol–water partition coefficient (Wildman–Crippen LogP) is 5.44. The Balaban J connectivity index is 1.51. The molecule has 0 saturated heterocycles. The summed E-state index contributed by atoms with van der Waals surface area (Å²) in [6.45, 7) is 2.16. The maximum atomic E-state index is 14.3. The first-order chi connectivity index (χ1) is 20.3. The third-order valence-electron chi connectivity index (χ3n) is 7.73. The largest absolute Gasteiger partial charge is 0.355 e. The first-order valence-corrected chi connectivity index (χ1v) is 14.7. The number of nitrogens with one attached hydrogen (secondary N) is 1. The molecule has 10 heteroatoms. The van der Waals surface area contributed by atoms with Crippen molar-refractivity contribution >= 4 is 45.0 Å². The zero-order valence-electron chi connectivity index (χ0n) is 23.0. The molecule has 3 heterocycles. The fourth-order valence-corrected chi connectivity index (χ4v) is 5.96. The number of carbonyl (C=O) groups is 2. The maximum Gasteiger partial charge on any atom is 0.261 e. The molecule has 0 bridgehead atoms. The van der Waals surface area contributed by atoms with Gasteiger partial charge in [0.15, 0.2) is 0 Å². The Morgan fingerprint density at radius 2 is 1.76 bits per heavy atom. The molecule has 0 saturated carbocycles. The molecular weight excluding hydrogens is 618 g/mol. The van der Waals surface area contributed by atoms with Crippen LogP contribution in [0.4, 0.5) is 0 Å². The lowest BCUT2D eigenvalue weighted by Gasteiger charge is -2.35. The number of fused-ring (bicyclic) bond motifs is 3. The smallest absolute Gasteiger partial charge is 0.261 e. The van der Waals surface area contributed by atoms with Crippen LogP contribution in [-0.4, -0.2) is 44.0 Å². The quantitative estimate of drug-likeness (QED) is 0.276. The van der Waals surface area contributed by atoms with Crippen LogP contribution in [0.1, 0.15) is 50.0 Å². The minimum absolute atomic E-state index is 0.161. The van der Waals surface area contributed by atoms with E-state index in [1.165, 1.54) is 0 Å². The molecule has 0 unspecified atom stereocenters. The molecule has 0 spiro atoms. The van der Waals surface area contributed by atoms with E-state index in [0.29, 0.717) is 56.1 Å². The van der Waals surface area contributed by atoms with Crippen molar-refractivity contribution < 1.29 is 9.59 Å². The van der Waals surface area contributed by atoms with E-state index < -0.39 is 0 Å². The topological polar surface area (TPSA) is 88.7 Å². The van der Waals surface area contributed by atoms with Crippen LogP contribution in [0.3, 0.4) is 0 Å². The van der Waals surface area contributed by atoms with Gasteiger partial charge in [-0.15, -0.1) is 0 Å². The average Bonchev–Trinajstić information content (AvgIpc) is 3.41. The molecule has 2 aromatic heterocycles. The summed E-state index contributed by atoms with van der Waals surface area (Å²) in [7, 11) is 1.58. The Kier molecular flexibility index (Phi) is 7.47. The van der Waals surface area contributed by atoms with E-state index in [2.05, 4.69) is 21.2 Å². The fourth-order valence-electron chi connectivity index (χ4n) is 5.54. The lowest BCUT2D eigenvalue weighted by atomic mass is 9.98. The van der Waals surface area contributed by atoms with Crippen LogP contribution in [0.25, 0.3) is 11.3 Å². The van der Waals surface area contributed by atoms with Gasteiger partial charge in [0, 0.05) is 46.2 Å². The summed E-state index contributed by atoms with van der Waals surface area (Å²) < 4.78 is 4.18. The van der Waals surface area contributed by atoms with Crippen LogP contribution in [0.15, 0.2) is 88.3 Å². The summed E-state index contributed by atoms with van der Waals surface area (Å²) in [5.41, 5.74) is 5.31. The van der Waals surface area contributed by atoms with Crippen molar-refractivity contribution in [1.29, 1.82) is 0 Å². The zero-order chi connectivity index (χ0) is 29.5. The van der Waals surface area contributed by atoms with E-state index in [1.807, 2.05) is 37.3 Å². The van der Waals surface area contributed by atoms with Crippen LogP contribution < -0.4 is 10.9 Å². The molecular formula is C32H27BrClN5O3. The zero-order valence-corrected chi connectivity index (χ0v) is 25.3. The van der Waals surface area contributed by atoms with Gasteiger partial charge in [0.2, 0.25) is 0 Å². The van der Waals surface area contributed by atoms with Crippen LogP contribution in [0.2, 0.25) is 5.02 Å². The summed E-state index contributed by atoms with van der Waals surface area (Å²) in [6.07, 6.45) is 2.72. The van der Waals surface area contributed by atoms with Crippen molar-refractivity contribution in [3.05, 3.63) is 132 Å². The van der Waals surface area contributed by atoms with Gasteiger partial charge in [-0.1, -0.05) is 41.9 Å². The Labute approximate surface area is 255 Å². The monoisotopic (exact) mass is 643 g/mol. The minimum Gasteiger partial charge on any atom is -0.355 e. The molecule has 212 valence electrons. The second-order valence-corrected chi connectivity index (χ2v) is 11.6. The molecule has 8 nitrogen and oxygen atoms in total. The molecule has 42 heavy (non-hydrogen) atoms. The number of aromatic nitrogens is 3. The van der Waals surface area contributed by atoms with Crippen molar-refractivity contribution in [3.8, 4) is 5.69 Å². The Hall–Kier alpha value is -4.21. The molecule has 1 N–H and O–H groups in total. The standard InChI is InChI=1S/C32H27BrClN5O3/c1-19-14-25-28(18-37(19)31(41)22-10-13-26(33)27(34)16-22)39-30(23(17-36-39)15-20-6-4-3-5-7-20)38(32(25)42)24-11-8-21(9-12-24)29(40)35-2/h3-13,16-17,19H,14-15,18H2,1-2H3,(H,35,40)/t19-/m0/s1. The van der Waals surface area contributed by atoms with E-state index in [1.54, 1.807) is 69.7 Å². The van der Waals surface area contributed by atoms with Gasteiger partial charge in [0.1, 0.15) is 5.65 Å². The number of benzene rings is 3. The highest BCUT2D eigenvalue weighted by Crippen LogP contribution is 2.29. The number of rotatable bonds is 5. The third-order valence-corrected chi connectivity index (χ3v) is 8.96. The molecule has 0 aliphatic carbocycles. The van der Waals surface area contributed by atoms with Crippen molar-refractivity contribution in [1.82, 2.24) is 24.4 Å². The summed E-state index contributed by atoms with van der Waals surface area (Å²) in [6, 6.07) is 21.9. The fraction of sp³-hybridized carbons (Fsp3) is 0.188. The highest BCUT2D eigenvalue weighted by molar-refractivity contribution is 9.10. The summed E-state index contributed by atoms with van der Waals surface area (Å²) in [5.74, 6) is -0.370. The van der Waals surface area contributed by atoms with Gasteiger partial charge >= 0.3 is 0 Å². The number of hydrogen-bond acceptors (Lipinski definition) is 4. The summed E-state index contributed by atoms with van der Waals surface area (Å²) in [5, 5.41) is 7.84. The normalized spacial score (nSPS) is 14.6. The van der Waals surface area contributed by atoms with E-state index in [0.717, 1.165) is 11.1 Å². The van der Waals surface area contributed by atoms with E-state index in [9.17, 15) is 14.4 Å². The van der Waals surface area contributed by atoms with Crippen LogP contribution >= 0.6 is 27.5 Å². The number of nitrogens with zero attached hydrogens (tertiary/aromatic N) is 4. The highest BCUT2D eigenvalue weighted by Gasteiger charge is 2.33. The van der Waals surface area contributed by atoms with Crippen molar-refractivity contribution in [2.75, 3.05) is 7.05 Å². The lowest BCUT2D eigenvalue weighted by Crippen LogP contribution is -2.46. The number of amides is 2. The predicted molar refractivity (Wildman–Crippen MR) is 166 cm³/mol. The first kappa shape index (κ1) is 27.9. The Bertz CT molecular complexity index is 1900. The second-order valence-electron chi connectivity index (χ2n) is 10.4. The van der Waals surface area contributed by atoms with Crippen LogP contribution in [0.5, 0.6) is 0 Å². The van der Waals surface area contributed by atoms with Gasteiger partial charge in [-0.3, -0.25) is 19.0 Å². The molecule has 1 aliphatic heterocycles. The molecule has 6 rings (SSSR count). The van der Waals surface area contributed by atoms with Crippen molar-refractivity contribution in [3.63, 3.8) is 0 Å².